The van der Waals surface area contributed by atoms with Crippen molar-refractivity contribution in [2.24, 2.45) is 0 Å². The second-order valence-corrected chi connectivity index (χ2v) is 7.07. The summed E-state index contributed by atoms with van der Waals surface area (Å²) in [6.45, 7) is 1.91. The van der Waals surface area contributed by atoms with Crippen molar-refractivity contribution >= 4 is 44.4 Å². The van der Waals surface area contributed by atoms with Gasteiger partial charge in [0.05, 0.1) is 10.8 Å². The summed E-state index contributed by atoms with van der Waals surface area (Å²) in [6.07, 6.45) is 1.54. The van der Waals surface area contributed by atoms with Gasteiger partial charge in [-0.2, -0.15) is 0 Å². The van der Waals surface area contributed by atoms with Gasteiger partial charge in [-0.3, -0.25) is 4.79 Å². The van der Waals surface area contributed by atoms with Gasteiger partial charge in [-0.25, -0.2) is 9.97 Å². The third-order valence-electron chi connectivity index (χ3n) is 3.29. The minimum Gasteiger partial charge on any atom is -0.293 e. The third kappa shape index (κ3) is 3.20. The van der Waals surface area contributed by atoms with E-state index >= 15 is 0 Å². The molecule has 3 nitrogen and oxygen atoms in total. The lowest BCUT2D eigenvalue weighted by atomic mass is 10.1. The van der Waals surface area contributed by atoms with Crippen LogP contribution in [0.25, 0.3) is 10.9 Å². The lowest BCUT2D eigenvalue weighted by Gasteiger charge is -2.11. The standard InChI is InChI=1S/C17H13BrN2OS/c1-11(16(21)12-6-8-13(18)9-7-12)22-17-14-4-2-3-5-15(14)19-10-20-17/h2-11H,1H3. The molecule has 0 saturated heterocycles. The fourth-order valence-electron chi connectivity index (χ4n) is 2.14. The van der Waals surface area contributed by atoms with E-state index in [1.165, 1.54) is 11.8 Å². The molecule has 1 atom stereocenters. The maximum Gasteiger partial charge on any atom is 0.175 e. The van der Waals surface area contributed by atoms with Crippen molar-refractivity contribution in [3.63, 3.8) is 0 Å². The average Bonchev–Trinajstić information content (AvgIpc) is 2.55. The lowest BCUT2D eigenvalue weighted by Crippen LogP contribution is -2.13. The maximum absolute atomic E-state index is 12.5. The molecule has 1 aromatic heterocycles. The quantitative estimate of drug-likeness (QED) is 0.376. The van der Waals surface area contributed by atoms with Gasteiger partial charge in [-0.15, -0.1) is 0 Å². The van der Waals surface area contributed by atoms with E-state index in [4.69, 9.17) is 0 Å². The van der Waals surface area contributed by atoms with Crippen molar-refractivity contribution < 1.29 is 4.79 Å². The maximum atomic E-state index is 12.5. The number of fused-ring (bicyclic) bond motifs is 1. The summed E-state index contributed by atoms with van der Waals surface area (Å²) >= 11 is 4.85. The van der Waals surface area contributed by atoms with E-state index in [9.17, 15) is 4.79 Å². The molecule has 5 heteroatoms. The van der Waals surface area contributed by atoms with Crippen LogP contribution in [0, 0.1) is 0 Å². The van der Waals surface area contributed by atoms with E-state index in [1.54, 1.807) is 6.33 Å². The number of benzene rings is 2. The lowest BCUT2D eigenvalue weighted by molar-refractivity contribution is 0.0994. The molecule has 0 amide bonds. The van der Waals surface area contributed by atoms with E-state index in [2.05, 4.69) is 25.9 Å². The molecule has 0 radical (unpaired) electrons. The Morgan fingerprint density at radius 1 is 1.09 bits per heavy atom. The third-order valence-corrected chi connectivity index (χ3v) is 4.94. The molecule has 0 aliphatic rings. The molecule has 2 aromatic carbocycles. The highest BCUT2D eigenvalue weighted by atomic mass is 79.9. The van der Waals surface area contributed by atoms with E-state index in [0.29, 0.717) is 5.56 Å². The summed E-state index contributed by atoms with van der Waals surface area (Å²) < 4.78 is 0.964. The SMILES string of the molecule is CC(Sc1ncnc2ccccc12)C(=O)c1ccc(Br)cc1. The van der Waals surface area contributed by atoms with E-state index in [1.807, 2.05) is 55.5 Å². The zero-order valence-corrected chi connectivity index (χ0v) is 14.3. The summed E-state index contributed by atoms with van der Waals surface area (Å²) in [4.78, 5) is 21.1. The predicted molar refractivity (Wildman–Crippen MR) is 93.3 cm³/mol. The molecular weight excluding hydrogens is 360 g/mol. The van der Waals surface area contributed by atoms with E-state index in [-0.39, 0.29) is 11.0 Å². The van der Waals surface area contributed by atoms with E-state index < -0.39 is 0 Å². The fraction of sp³-hybridized carbons (Fsp3) is 0.118. The summed E-state index contributed by atoms with van der Waals surface area (Å²) in [7, 11) is 0. The zero-order valence-electron chi connectivity index (χ0n) is 11.9. The van der Waals surface area contributed by atoms with Gasteiger partial charge in [0.1, 0.15) is 11.4 Å². The van der Waals surface area contributed by atoms with Crippen LogP contribution in [0.4, 0.5) is 0 Å². The highest BCUT2D eigenvalue weighted by Gasteiger charge is 2.18. The average molecular weight is 373 g/mol. The van der Waals surface area contributed by atoms with Gasteiger partial charge in [-0.05, 0) is 25.1 Å². The number of carbonyl (C=O) groups excluding carboxylic acids is 1. The molecule has 0 aliphatic heterocycles. The second-order valence-electron chi connectivity index (χ2n) is 4.83. The first-order chi connectivity index (χ1) is 10.6. The van der Waals surface area contributed by atoms with Crippen LogP contribution in [-0.4, -0.2) is 21.0 Å². The number of Topliss-reactive ketones (excluding diaryl/α,β-unsaturated/α-hetero) is 1. The molecular formula is C17H13BrN2OS. The van der Waals surface area contributed by atoms with Gasteiger partial charge in [-0.1, -0.05) is 58.0 Å². The van der Waals surface area contributed by atoms with Gasteiger partial charge in [0.25, 0.3) is 0 Å². The van der Waals surface area contributed by atoms with Crippen LogP contribution in [-0.2, 0) is 0 Å². The normalized spacial score (nSPS) is 12.3. The molecule has 110 valence electrons. The molecule has 0 saturated carbocycles. The molecule has 0 bridgehead atoms. The Morgan fingerprint density at radius 3 is 2.59 bits per heavy atom. The van der Waals surface area contributed by atoms with Crippen LogP contribution in [0.1, 0.15) is 17.3 Å². The van der Waals surface area contributed by atoms with Crippen molar-refractivity contribution in [1.29, 1.82) is 0 Å². The van der Waals surface area contributed by atoms with Gasteiger partial charge in [0, 0.05) is 15.4 Å². The molecule has 0 aliphatic carbocycles. The fourth-order valence-corrected chi connectivity index (χ4v) is 3.39. The monoisotopic (exact) mass is 372 g/mol. The second kappa shape index (κ2) is 6.58. The minimum absolute atomic E-state index is 0.0974. The number of rotatable bonds is 4. The number of halogens is 1. The molecule has 0 N–H and O–H groups in total. The van der Waals surface area contributed by atoms with Gasteiger partial charge >= 0.3 is 0 Å². The molecule has 0 spiro atoms. The number of carbonyl (C=O) groups is 1. The van der Waals surface area contributed by atoms with Crippen LogP contribution in [0.15, 0.2) is 64.4 Å². The highest BCUT2D eigenvalue weighted by Crippen LogP contribution is 2.29. The summed E-state index contributed by atoms with van der Waals surface area (Å²) in [5.74, 6) is 0.0974. The molecule has 1 heterocycles. The molecule has 3 aromatic rings. The highest BCUT2D eigenvalue weighted by molar-refractivity contribution is 9.10. The van der Waals surface area contributed by atoms with E-state index in [0.717, 1.165) is 20.4 Å². The Kier molecular flexibility index (Phi) is 4.55. The zero-order chi connectivity index (χ0) is 15.5. The van der Waals surface area contributed by atoms with Crippen molar-refractivity contribution in [1.82, 2.24) is 9.97 Å². The van der Waals surface area contributed by atoms with Crippen molar-refractivity contribution in [2.45, 2.75) is 17.2 Å². The van der Waals surface area contributed by atoms with Gasteiger partial charge in [0.2, 0.25) is 0 Å². The van der Waals surface area contributed by atoms with Crippen molar-refractivity contribution in [3.05, 3.63) is 64.9 Å². The first-order valence-electron chi connectivity index (χ1n) is 6.81. The Hall–Kier alpha value is -1.72. The summed E-state index contributed by atoms with van der Waals surface area (Å²) in [5, 5.41) is 1.61. The number of hydrogen-bond acceptors (Lipinski definition) is 4. The molecule has 0 fully saturated rings. The number of aromatic nitrogens is 2. The Morgan fingerprint density at radius 2 is 1.82 bits per heavy atom. The predicted octanol–water partition coefficient (Wildman–Crippen LogP) is 4.76. The minimum atomic E-state index is -0.209. The van der Waals surface area contributed by atoms with Crippen molar-refractivity contribution in [3.8, 4) is 0 Å². The Balaban J connectivity index is 1.85. The van der Waals surface area contributed by atoms with Crippen LogP contribution < -0.4 is 0 Å². The summed E-state index contributed by atoms with van der Waals surface area (Å²) in [6, 6.07) is 15.3. The van der Waals surface area contributed by atoms with Gasteiger partial charge in [0.15, 0.2) is 5.78 Å². The number of hydrogen-bond donors (Lipinski definition) is 0. The molecule has 1 unspecified atom stereocenters. The van der Waals surface area contributed by atoms with Crippen LogP contribution in [0.3, 0.4) is 0 Å². The first-order valence-corrected chi connectivity index (χ1v) is 8.48. The van der Waals surface area contributed by atoms with Crippen molar-refractivity contribution in [2.75, 3.05) is 0 Å². The van der Waals surface area contributed by atoms with Crippen LogP contribution >= 0.6 is 27.7 Å². The number of para-hydroxylation sites is 1. The van der Waals surface area contributed by atoms with Crippen LogP contribution in [0.5, 0.6) is 0 Å². The molecule has 22 heavy (non-hydrogen) atoms. The summed E-state index contributed by atoms with van der Waals surface area (Å²) in [5.41, 5.74) is 1.60. The Labute approximate surface area is 141 Å². The number of thioether (sulfide) groups is 1. The largest absolute Gasteiger partial charge is 0.293 e. The van der Waals surface area contributed by atoms with Crippen LogP contribution in [0.2, 0.25) is 0 Å². The molecule has 3 rings (SSSR count). The topological polar surface area (TPSA) is 42.9 Å². The number of ketones is 1. The number of nitrogens with zero attached hydrogens (tertiary/aromatic N) is 2. The van der Waals surface area contributed by atoms with Gasteiger partial charge < -0.3 is 0 Å². The Bertz CT molecular complexity index is 815. The smallest absolute Gasteiger partial charge is 0.175 e. The first kappa shape index (κ1) is 15.2.